The highest BCUT2D eigenvalue weighted by atomic mass is 19.4. The number of carbonyl (C=O) groups excluding carboxylic acids is 1. The first-order valence-electron chi connectivity index (χ1n) is 11.8. The zero-order chi connectivity index (χ0) is 27.9. The lowest BCUT2D eigenvalue weighted by Gasteiger charge is -2.16. The third-order valence-electron chi connectivity index (χ3n) is 6.33. The standard InChI is InChI=1S/C28H23F3N2O6/c1-15-24(25-21-8-5-9-23(36-3)26(21)39-32-25)20-11-10-19(38-28(29,30)31)13-22(20)33(15)14-17-6-4-7-18(12-17)37-16(2)27(34)35/h4-13,16H,14H2,1-3H3,(H,34,35)/p-1/t16-/m1/s1. The molecule has 2 aromatic heterocycles. The van der Waals surface area contributed by atoms with Crippen LogP contribution in [0.2, 0.25) is 0 Å². The van der Waals surface area contributed by atoms with E-state index in [0.717, 1.165) is 5.56 Å². The molecule has 0 saturated carbocycles. The largest absolute Gasteiger partial charge is 0.573 e. The molecule has 0 aliphatic rings. The fourth-order valence-corrected chi connectivity index (χ4v) is 4.59. The summed E-state index contributed by atoms with van der Waals surface area (Å²) in [4.78, 5) is 11.1. The van der Waals surface area contributed by atoms with Gasteiger partial charge in [-0.2, -0.15) is 0 Å². The molecular weight excluding hydrogens is 517 g/mol. The maximum absolute atomic E-state index is 13.0. The molecule has 2 heterocycles. The van der Waals surface area contributed by atoms with Crippen LogP contribution in [0.3, 0.4) is 0 Å². The van der Waals surface area contributed by atoms with E-state index in [2.05, 4.69) is 9.89 Å². The summed E-state index contributed by atoms with van der Waals surface area (Å²) in [6.45, 7) is 3.42. The number of aliphatic carboxylic acids is 1. The molecule has 5 aromatic rings. The van der Waals surface area contributed by atoms with Crippen molar-refractivity contribution in [1.29, 1.82) is 0 Å². The normalized spacial score (nSPS) is 12.6. The maximum atomic E-state index is 13.0. The Morgan fingerprint density at radius 1 is 1.08 bits per heavy atom. The fourth-order valence-electron chi connectivity index (χ4n) is 4.59. The van der Waals surface area contributed by atoms with E-state index in [4.69, 9.17) is 14.0 Å². The van der Waals surface area contributed by atoms with Crippen LogP contribution in [0.15, 0.2) is 65.2 Å². The second-order valence-electron chi connectivity index (χ2n) is 8.87. The second kappa shape index (κ2) is 9.90. The van der Waals surface area contributed by atoms with Gasteiger partial charge >= 0.3 is 6.36 Å². The third-order valence-corrected chi connectivity index (χ3v) is 6.33. The summed E-state index contributed by atoms with van der Waals surface area (Å²) < 4.78 is 61.5. The number of rotatable bonds is 8. The van der Waals surface area contributed by atoms with Crippen molar-refractivity contribution in [2.75, 3.05) is 7.11 Å². The zero-order valence-corrected chi connectivity index (χ0v) is 21.0. The second-order valence-corrected chi connectivity index (χ2v) is 8.87. The van der Waals surface area contributed by atoms with Gasteiger partial charge in [0, 0.05) is 29.3 Å². The molecule has 1 atom stereocenters. The van der Waals surface area contributed by atoms with Gasteiger partial charge in [-0.15, -0.1) is 13.2 Å². The summed E-state index contributed by atoms with van der Waals surface area (Å²) in [5.41, 5.74) is 3.53. The number of carboxylic acids is 1. The average Bonchev–Trinajstić information content (AvgIpc) is 3.41. The van der Waals surface area contributed by atoms with Crippen LogP contribution in [0.25, 0.3) is 33.1 Å². The van der Waals surface area contributed by atoms with Gasteiger partial charge in [0.1, 0.15) is 23.3 Å². The van der Waals surface area contributed by atoms with Gasteiger partial charge < -0.3 is 33.2 Å². The van der Waals surface area contributed by atoms with Gasteiger partial charge in [0.25, 0.3) is 0 Å². The SMILES string of the molecule is COc1cccc2c(-c3c(C)n(Cc4cccc(O[C@H](C)C(=O)[O-])c4)c4cc(OC(F)(F)F)ccc34)noc12. The molecule has 0 radical (unpaired) electrons. The first-order chi connectivity index (χ1) is 18.6. The molecule has 8 nitrogen and oxygen atoms in total. The first kappa shape index (κ1) is 26.0. The van der Waals surface area contributed by atoms with Crippen LogP contribution in [0.1, 0.15) is 18.2 Å². The lowest BCUT2D eigenvalue weighted by atomic mass is 10.0. The van der Waals surface area contributed by atoms with E-state index in [1.165, 1.54) is 26.2 Å². The van der Waals surface area contributed by atoms with Gasteiger partial charge in [-0.1, -0.05) is 23.4 Å². The Hall–Kier alpha value is -4.67. The number of methoxy groups -OCH3 is 1. The van der Waals surface area contributed by atoms with E-state index >= 15 is 0 Å². The minimum atomic E-state index is -4.86. The number of ether oxygens (including phenoxy) is 3. The number of nitrogens with zero attached hydrogens (tertiary/aromatic N) is 2. The Balaban J connectivity index is 1.66. The minimum absolute atomic E-state index is 0.230. The van der Waals surface area contributed by atoms with Crippen LogP contribution >= 0.6 is 0 Å². The van der Waals surface area contributed by atoms with E-state index in [0.29, 0.717) is 50.3 Å². The summed E-state index contributed by atoms with van der Waals surface area (Å²) in [7, 11) is 1.52. The average molecular weight is 539 g/mol. The van der Waals surface area contributed by atoms with Crippen molar-refractivity contribution in [2.24, 2.45) is 0 Å². The number of carbonyl (C=O) groups is 1. The van der Waals surface area contributed by atoms with Gasteiger partial charge in [0.05, 0.1) is 24.0 Å². The zero-order valence-electron chi connectivity index (χ0n) is 21.0. The highest BCUT2D eigenvalue weighted by Crippen LogP contribution is 2.41. The molecule has 0 amide bonds. The van der Waals surface area contributed by atoms with Crippen molar-refractivity contribution in [3.63, 3.8) is 0 Å². The molecule has 202 valence electrons. The number of hydrogen-bond donors (Lipinski definition) is 0. The third kappa shape index (κ3) is 5.07. The Morgan fingerprint density at radius 3 is 2.56 bits per heavy atom. The monoisotopic (exact) mass is 539 g/mol. The highest BCUT2D eigenvalue weighted by Gasteiger charge is 2.32. The van der Waals surface area contributed by atoms with Crippen LogP contribution in [-0.4, -0.2) is 35.3 Å². The van der Waals surface area contributed by atoms with Gasteiger partial charge in [0.15, 0.2) is 5.75 Å². The number of halogens is 3. The smallest absolute Gasteiger partial charge is 0.546 e. The summed E-state index contributed by atoms with van der Waals surface area (Å²) in [5, 5.41) is 16.7. The Kier molecular flexibility index (Phi) is 6.59. The van der Waals surface area contributed by atoms with Gasteiger partial charge in [-0.25, -0.2) is 0 Å². The fraction of sp³-hybridized carbons (Fsp3) is 0.214. The van der Waals surface area contributed by atoms with Crippen LogP contribution in [0.4, 0.5) is 13.2 Å². The molecule has 0 fully saturated rings. The molecule has 0 unspecified atom stereocenters. The minimum Gasteiger partial charge on any atom is -0.546 e. The topological polar surface area (TPSA) is 98.8 Å². The van der Waals surface area contributed by atoms with Crippen LogP contribution < -0.4 is 19.3 Å². The molecule has 0 N–H and O–H groups in total. The quantitative estimate of drug-likeness (QED) is 0.266. The van der Waals surface area contributed by atoms with E-state index in [-0.39, 0.29) is 12.3 Å². The Bertz CT molecular complexity index is 1690. The molecule has 3 aromatic carbocycles. The van der Waals surface area contributed by atoms with Crippen molar-refractivity contribution >= 4 is 27.8 Å². The van der Waals surface area contributed by atoms with Crippen LogP contribution in [0, 0.1) is 6.92 Å². The Morgan fingerprint density at radius 2 is 1.85 bits per heavy atom. The lowest BCUT2D eigenvalue weighted by Crippen LogP contribution is -2.37. The summed E-state index contributed by atoms with van der Waals surface area (Å²) in [6.07, 6.45) is -6.02. The van der Waals surface area contributed by atoms with Gasteiger partial charge in [-0.05, 0) is 55.8 Å². The number of hydrogen-bond acceptors (Lipinski definition) is 7. The van der Waals surface area contributed by atoms with Crippen LogP contribution in [-0.2, 0) is 11.3 Å². The highest BCUT2D eigenvalue weighted by molar-refractivity contribution is 6.05. The predicted molar refractivity (Wildman–Crippen MR) is 134 cm³/mol. The number of fused-ring (bicyclic) bond motifs is 2. The summed E-state index contributed by atoms with van der Waals surface area (Å²) in [6, 6.07) is 16.3. The molecule has 11 heteroatoms. The molecule has 5 rings (SSSR count). The van der Waals surface area contributed by atoms with Crippen molar-refractivity contribution < 1.29 is 41.8 Å². The summed E-state index contributed by atoms with van der Waals surface area (Å²) >= 11 is 0. The van der Waals surface area contributed by atoms with Crippen molar-refractivity contribution in [1.82, 2.24) is 9.72 Å². The number of alkyl halides is 3. The molecular formula is C28H22F3N2O6-. The number of benzene rings is 3. The van der Waals surface area contributed by atoms with Crippen molar-refractivity contribution in [3.05, 3.63) is 71.9 Å². The number of aromatic nitrogens is 2. The van der Waals surface area contributed by atoms with Crippen molar-refractivity contribution in [3.8, 4) is 28.5 Å². The molecule has 0 spiro atoms. The summed E-state index contributed by atoms with van der Waals surface area (Å²) in [5.74, 6) is -0.914. The molecule has 0 aliphatic carbocycles. The van der Waals surface area contributed by atoms with Crippen molar-refractivity contribution in [2.45, 2.75) is 32.9 Å². The predicted octanol–water partition coefficient (Wildman–Crippen LogP) is 5.23. The van der Waals surface area contributed by atoms with Gasteiger partial charge in [-0.3, -0.25) is 0 Å². The maximum Gasteiger partial charge on any atom is 0.573 e. The lowest BCUT2D eigenvalue weighted by molar-refractivity contribution is -0.312. The first-order valence-corrected chi connectivity index (χ1v) is 11.8. The molecule has 0 saturated heterocycles. The number of carboxylic acid groups (broad SMARTS) is 1. The van der Waals surface area contributed by atoms with E-state index < -0.39 is 18.4 Å². The molecule has 0 aliphatic heterocycles. The van der Waals surface area contributed by atoms with E-state index in [1.54, 1.807) is 42.5 Å². The van der Waals surface area contributed by atoms with Gasteiger partial charge in [0.2, 0.25) is 5.58 Å². The molecule has 0 bridgehead atoms. The molecule has 39 heavy (non-hydrogen) atoms. The van der Waals surface area contributed by atoms with Crippen LogP contribution in [0.5, 0.6) is 17.2 Å². The van der Waals surface area contributed by atoms with E-state index in [9.17, 15) is 23.1 Å². The Labute approximate surface area is 220 Å². The van der Waals surface area contributed by atoms with E-state index in [1.807, 2.05) is 17.6 Å². The number of para-hydroxylation sites is 1.